The molecular formula is C19H19N3O4. The molecule has 0 fully saturated rings. The van der Waals surface area contributed by atoms with Crippen LogP contribution in [-0.2, 0) is 11.2 Å². The van der Waals surface area contributed by atoms with E-state index in [2.05, 4.69) is 15.5 Å². The van der Waals surface area contributed by atoms with Crippen molar-refractivity contribution in [1.29, 1.82) is 0 Å². The van der Waals surface area contributed by atoms with Gasteiger partial charge in [0.1, 0.15) is 17.2 Å². The van der Waals surface area contributed by atoms with Crippen molar-refractivity contribution >= 4 is 11.6 Å². The van der Waals surface area contributed by atoms with Gasteiger partial charge in [-0.3, -0.25) is 19.8 Å². The molecule has 3 aromatic rings. The van der Waals surface area contributed by atoms with Gasteiger partial charge in [0.05, 0.1) is 26.3 Å². The summed E-state index contributed by atoms with van der Waals surface area (Å²) in [6.45, 7) is 0. The van der Waals surface area contributed by atoms with Crippen LogP contribution in [0.4, 0.5) is 5.69 Å². The number of anilines is 1. The standard InChI is InChI=1S/C19H19N3O4/c1-25-14-8-12(9-15(11-14)26-2)10-16(23)20-18-17(21-22-19(18)24)13-6-4-3-5-7-13/h3-9,11H,10H2,1-2H3,(H,20,23)(H2,21,22,24). The smallest absolute Gasteiger partial charge is 0.288 e. The summed E-state index contributed by atoms with van der Waals surface area (Å²) in [7, 11) is 3.09. The summed E-state index contributed by atoms with van der Waals surface area (Å²) in [5, 5.41) is 8.00. The van der Waals surface area contributed by atoms with E-state index in [9.17, 15) is 9.59 Å². The lowest BCUT2D eigenvalue weighted by Crippen LogP contribution is -2.19. The molecule has 2 aromatic carbocycles. The molecule has 0 bridgehead atoms. The summed E-state index contributed by atoms with van der Waals surface area (Å²) in [5.41, 5.74) is 1.85. The Kier molecular flexibility index (Phi) is 5.07. The zero-order valence-corrected chi connectivity index (χ0v) is 14.5. The molecule has 1 amide bonds. The van der Waals surface area contributed by atoms with E-state index in [1.54, 1.807) is 32.4 Å². The van der Waals surface area contributed by atoms with Crippen LogP contribution in [0.1, 0.15) is 5.56 Å². The number of benzene rings is 2. The minimum absolute atomic E-state index is 0.0758. The number of hydrogen-bond acceptors (Lipinski definition) is 4. The van der Waals surface area contributed by atoms with Crippen LogP contribution in [-0.4, -0.2) is 30.3 Å². The number of carbonyl (C=O) groups is 1. The number of amides is 1. The molecule has 7 heteroatoms. The van der Waals surface area contributed by atoms with Gasteiger partial charge >= 0.3 is 0 Å². The predicted octanol–water partition coefficient (Wildman–Crippen LogP) is 2.57. The fraction of sp³-hybridized carbons (Fsp3) is 0.158. The van der Waals surface area contributed by atoms with Crippen LogP contribution >= 0.6 is 0 Å². The average Bonchev–Trinajstić information content (AvgIpc) is 3.02. The zero-order valence-electron chi connectivity index (χ0n) is 14.5. The molecule has 26 heavy (non-hydrogen) atoms. The lowest BCUT2D eigenvalue weighted by molar-refractivity contribution is -0.115. The third-order valence-electron chi connectivity index (χ3n) is 3.88. The maximum absolute atomic E-state index is 12.5. The largest absolute Gasteiger partial charge is 0.497 e. The first-order valence-corrected chi connectivity index (χ1v) is 7.98. The number of nitrogens with one attached hydrogen (secondary N) is 3. The van der Waals surface area contributed by atoms with Crippen molar-refractivity contribution in [2.45, 2.75) is 6.42 Å². The molecule has 1 heterocycles. The third-order valence-corrected chi connectivity index (χ3v) is 3.88. The van der Waals surface area contributed by atoms with Crippen LogP contribution in [0.25, 0.3) is 11.3 Å². The Bertz CT molecular complexity index is 938. The van der Waals surface area contributed by atoms with E-state index >= 15 is 0 Å². The van der Waals surface area contributed by atoms with Crippen molar-refractivity contribution in [1.82, 2.24) is 10.2 Å². The molecule has 0 radical (unpaired) electrons. The maximum Gasteiger partial charge on any atom is 0.288 e. The molecule has 0 aliphatic rings. The van der Waals surface area contributed by atoms with Crippen LogP contribution in [0.5, 0.6) is 11.5 Å². The van der Waals surface area contributed by atoms with Crippen LogP contribution < -0.4 is 20.3 Å². The lowest BCUT2D eigenvalue weighted by Gasteiger charge is -2.09. The number of rotatable bonds is 6. The molecular weight excluding hydrogens is 334 g/mol. The quantitative estimate of drug-likeness (QED) is 0.634. The number of hydrogen-bond donors (Lipinski definition) is 3. The molecule has 134 valence electrons. The molecule has 7 nitrogen and oxygen atoms in total. The van der Waals surface area contributed by atoms with Crippen LogP contribution in [0, 0.1) is 0 Å². The molecule has 3 N–H and O–H groups in total. The number of aromatic amines is 2. The van der Waals surface area contributed by atoms with Gasteiger partial charge in [-0.1, -0.05) is 30.3 Å². The van der Waals surface area contributed by atoms with E-state index in [4.69, 9.17) is 9.47 Å². The summed E-state index contributed by atoms with van der Waals surface area (Å²) >= 11 is 0. The molecule has 0 saturated heterocycles. The lowest BCUT2D eigenvalue weighted by atomic mass is 10.1. The fourth-order valence-electron chi connectivity index (χ4n) is 2.64. The number of methoxy groups -OCH3 is 2. The van der Waals surface area contributed by atoms with Gasteiger partial charge in [-0.15, -0.1) is 0 Å². The minimum atomic E-state index is -0.388. The van der Waals surface area contributed by atoms with Gasteiger partial charge in [0.15, 0.2) is 0 Å². The average molecular weight is 353 g/mol. The van der Waals surface area contributed by atoms with E-state index in [-0.39, 0.29) is 23.6 Å². The second kappa shape index (κ2) is 7.60. The van der Waals surface area contributed by atoms with Crippen molar-refractivity contribution < 1.29 is 14.3 Å². The fourth-order valence-corrected chi connectivity index (χ4v) is 2.64. The van der Waals surface area contributed by atoms with Crippen molar-refractivity contribution in [2.24, 2.45) is 0 Å². The molecule has 0 saturated carbocycles. The highest BCUT2D eigenvalue weighted by Crippen LogP contribution is 2.24. The molecule has 0 unspecified atom stereocenters. The molecule has 0 aliphatic carbocycles. The van der Waals surface area contributed by atoms with Crippen molar-refractivity contribution in [3.8, 4) is 22.8 Å². The monoisotopic (exact) mass is 353 g/mol. The normalized spacial score (nSPS) is 10.4. The summed E-state index contributed by atoms with van der Waals surface area (Å²) in [5.74, 6) is 0.871. The van der Waals surface area contributed by atoms with E-state index in [0.717, 1.165) is 5.56 Å². The van der Waals surface area contributed by atoms with Crippen LogP contribution in [0.3, 0.4) is 0 Å². The molecule has 0 aliphatic heterocycles. The first-order valence-electron chi connectivity index (χ1n) is 7.98. The highest BCUT2D eigenvalue weighted by atomic mass is 16.5. The second-order valence-corrected chi connectivity index (χ2v) is 5.64. The van der Waals surface area contributed by atoms with E-state index in [1.807, 2.05) is 30.3 Å². The second-order valence-electron chi connectivity index (χ2n) is 5.64. The van der Waals surface area contributed by atoms with Crippen LogP contribution in [0.15, 0.2) is 53.3 Å². The molecule has 0 spiro atoms. The summed E-state index contributed by atoms with van der Waals surface area (Å²) in [6, 6.07) is 14.5. The first-order chi connectivity index (χ1) is 12.6. The summed E-state index contributed by atoms with van der Waals surface area (Å²) < 4.78 is 10.4. The van der Waals surface area contributed by atoms with Gasteiger partial charge in [-0.05, 0) is 17.7 Å². The molecule has 1 aromatic heterocycles. The Balaban J connectivity index is 1.82. The van der Waals surface area contributed by atoms with Gasteiger partial charge < -0.3 is 14.8 Å². The predicted molar refractivity (Wildman–Crippen MR) is 98.7 cm³/mol. The SMILES string of the molecule is COc1cc(CC(=O)Nc2c(-c3ccccc3)[nH][nH]c2=O)cc(OC)c1. The third kappa shape index (κ3) is 3.77. The first kappa shape index (κ1) is 17.3. The minimum Gasteiger partial charge on any atom is -0.497 e. The number of aromatic nitrogens is 2. The van der Waals surface area contributed by atoms with Gasteiger partial charge in [-0.2, -0.15) is 0 Å². The highest BCUT2D eigenvalue weighted by Gasteiger charge is 2.15. The number of ether oxygens (including phenoxy) is 2. The van der Waals surface area contributed by atoms with Crippen molar-refractivity contribution in [2.75, 3.05) is 19.5 Å². The van der Waals surface area contributed by atoms with E-state index in [1.165, 1.54) is 0 Å². The van der Waals surface area contributed by atoms with Gasteiger partial charge in [0, 0.05) is 11.6 Å². The summed E-state index contributed by atoms with van der Waals surface area (Å²) in [6.07, 6.45) is 0.0758. The Morgan fingerprint density at radius 2 is 1.65 bits per heavy atom. The topological polar surface area (TPSA) is 96.2 Å². The maximum atomic E-state index is 12.5. The molecule has 3 rings (SSSR count). The van der Waals surface area contributed by atoms with Gasteiger partial charge in [0.25, 0.3) is 5.56 Å². The summed E-state index contributed by atoms with van der Waals surface area (Å²) in [4.78, 5) is 24.5. The van der Waals surface area contributed by atoms with E-state index in [0.29, 0.717) is 22.8 Å². The van der Waals surface area contributed by atoms with Crippen LogP contribution in [0.2, 0.25) is 0 Å². The Morgan fingerprint density at radius 1 is 1.00 bits per heavy atom. The molecule has 0 atom stereocenters. The van der Waals surface area contributed by atoms with Gasteiger partial charge in [-0.25, -0.2) is 0 Å². The van der Waals surface area contributed by atoms with Crippen molar-refractivity contribution in [3.63, 3.8) is 0 Å². The Labute approximate surface area is 150 Å². The zero-order chi connectivity index (χ0) is 18.5. The Morgan fingerprint density at radius 3 is 2.27 bits per heavy atom. The number of H-pyrrole nitrogens is 2. The van der Waals surface area contributed by atoms with E-state index < -0.39 is 0 Å². The Hall–Kier alpha value is -3.48. The highest BCUT2D eigenvalue weighted by molar-refractivity contribution is 5.95. The number of carbonyl (C=O) groups excluding carboxylic acids is 1. The van der Waals surface area contributed by atoms with Crippen molar-refractivity contribution in [3.05, 3.63) is 64.4 Å². The van der Waals surface area contributed by atoms with Gasteiger partial charge in [0.2, 0.25) is 5.91 Å².